The number of fused-ring (bicyclic) bond motifs is 1. The van der Waals surface area contributed by atoms with Gasteiger partial charge in [-0.05, 0) is 45.6 Å². The number of aliphatic hydroxyl groups excluding tert-OH is 1. The van der Waals surface area contributed by atoms with E-state index in [2.05, 4.69) is 20.8 Å². The molecule has 0 aliphatic carbocycles. The molecule has 0 amide bonds. The van der Waals surface area contributed by atoms with Crippen LogP contribution in [0.5, 0.6) is 0 Å². The molecule has 2 nitrogen and oxygen atoms in total. The Hall–Kier alpha value is -1.10. The van der Waals surface area contributed by atoms with Crippen molar-refractivity contribution in [3.63, 3.8) is 0 Å². The number of anilines is 1. The molecule has 0 fully saturated rings. The van der Waals surface area contributed by atoms with Crippen LogP contribution in [0.15, 0.2) is 34.8 Å². The second-order valence-corrected chi connectivity index (χ2v) is 6.46. The minimum atomic E-state index is -1.02. The number of likely N-dealkylation sites (N-methyl/N-ethyl adjacent to an activating group) is 1. The molecular weight excluding hydrogens is 357 g/mol. The molecule has 0 bridgehead atoms. The molecule has 0 saturated heterocycles. The summed E-state index contributed by atoms with van der Waals surface area (Å²) in [5.74, 6) is -0.587. The second kappa shape index (κ2) is 5.59. The Morgan fingerprint density at radius 1 is 1.33 bits per heavy atom. The van der Waals surface area contributed by atoms with Crippen LogP contribution >= 0.6 is 27.5 Å². The van der Waals surface area contributed by atoms with Crippen LogP contribution in [0.2, 0.25) is 5.02 Å². The summed E-state index contributed by atoms with van der Waals surface area (Å²) in [6, 6.07) is 8.94. The SMILES string of the molecule is CN1CCc2cc(C(O)c3ccc(Br)c(Cl)c3F)ccc21. The lowest BCUT2D eigenvalue weighted by Gasteiger charge is -2.16. The highest BCUT2D eigenvalue weighted by Crippen LogP contribution is 2.35. The first kappa shape index (κ1) is 14.8. The van der Waals surface area contributed by atoms with Gasteiger partial charge in [-0.15, -0.1) is 0 Å². The van der Waals surface area contributed by atoms with Crippen molar-refractivity contribution < 1.29 is 9.50 Å². The van der Waals surface area contributed by atoms with Crippen molar-refractivity contribution in [2.24, 2.45) is 0 Å². The van der Waals surface area contributed by atoms with Gasteiger partial charge in [-0.25, -0.2) is 4.39 Å². The number of hydrogen-bond acceptors (Lipinski definition) is 2. The zero-order chi connectivity index (χ0) is 15.1. The van der Waals surface area contributed by atoms with Crippen molar-refractivity contribution in [3.8, 4) is 0 Å². The summed E-state index contributed by atoms with van der Waals surface area (Å²) in [5, 5.41) is 10.5. The van der Waals surface area contributed by atoms with Gasteiger partial charge in [-0.3, -0.25) is 0 Å². The van der Waals surface area contributed by atoms with Crippen molar-refractivity contribution in [2.45, 2.75) is 12.5 Å². The number of hydrogen-bond donors (Lipinski definition) is 1. The molecule has 2 aromatic rings. The van der Waals surface area contributed by atoms with E-state index < -0.39 is 11.9 Å². The Bertz CT molecular complexity index is 707. The Kier molecular flexibility index (Phi) is 3.95. The molecule has 1 aliphatic rings. The fourth-order valence-corrected chi connectivity index (χ4v) is 3.17. The average molecular weight is 371 g/mol. The lowest BCUT2D eigenvalue weighted by Crippen LogP contribution is -2.12. The van der Waals surface area contributed by atoms with E-state index in [0.29, 0.717) is 10.0 Å². The number of benzene rings is 2. The second-order valence-electron chi connectivity index (χ2n) is 5.23. The Morgan fingerprint density at radius 2 is 2.10 bits per heavy atom. The first-order valence-electron chi connectivity index (χ1n) is 6.64. The molecule has 0 spiro atoms. The standard InChI is InChI=1S/C16H14BrClFNO/c1-20-7-6-9-8-10(2-5-13(9)20)16(21)11-3-4-12(17)14(18)15(11)19/h2-5,8,16,21H,6-7H2,1H3. The minimum absolute atomic E-state index is 0.00700. The number of halogens is 3. The zero-order valence-corrected chi connectivity index (χ0v) is 13.7. The van der Waals surface area contributed by atoms with Crippen molar-refractivity contribution in [3.05, 3.63) is 62.3 Å². The summed E-state index contributed by atoms with van der Waals surface area (Å²) >= 11 is 9.06. The van der Waals surface area contributed by atoms with E-state index in [4.69, 9.17) is 11.6 Å². The highest BCUT2D eigenvalue weighted by Gasteiger charge is 2.21. The maximum atomic E-state index is 14.2. The van der Waals surface area contributed by atoms with Gasteiger partial charge >= 0.3 is 0 Å². The zero-order valence-electron chi connectivity index (χ0n) is 11.4. The molecule has 21 heavy (non-hydrogen) atoms. The normalized spacial score (nSPS) is 15.2. The third kappa shape index (κ3) is 2.56. The van der Waals surface area contributed by atoms with Crippen LogP contribution in [0.3, 0.4) is 0 Å². The smallest absolute Gasteiger partial charge is 0.149 e. The van der Waals surface area contributed by atoms with Gasteiger partial charge in [-0.1, -0.05) is 29.8 Å². The van der Waals surface area contributed by atoms with E-state index in [9.17, 15) is 9.50 Å². The molecule has 1 unspecified atom stereocenters. The molecule has 0 aromatic heterocycles. The predicted molar refractivity (Wildman–Crippen MR) is 86.6 cm³/mol. The fraction of sp³-hybridized carbons (Fsp3) is 0.250. The first-order chi connectivity index (χ1) is 9.99. The van der Waals surface area contributed by atoms with Crippen molar-refractivity contribution in [1.29, 1.82) is 0 Å². The predicted octanol–water partition coefficient (Wildman–Crippen LogP) is 4.32. The van der Waals surface area contributed by atoms with E-state index in [-0.39, 0.29) is 10.6 Å². The quantitative estimate of drug-likeness (QED) is 0.796. The first-order valence-corrected chi connectivity index (χ1v) is 7.81. The molecule has 110 valence electrons. The molecular formula is C16H14BrClFNO. The highest BCUT2D eigenvalue weighted by atomic mass is 79.9. The summed E-state index contributed by atoms with van der Waals surface area (Å²) in [6.45, 7) is 0.966. The van der Waals surface area contributed by atoms with Crippen LogP contribution in [0.25, 0.3) is 0 Å². The molecule has 1 heterocycles. The van der Waals surface area contributed by atoms with Crippen molar-refractivity contribution in [1.82, 2.24) is 0 Å². The summed E-state index contributed by atoms with van der Waals surface area (Å²) in [7, 11) is 2.04. The lowest BCUT2D eigenvalue weighted by atomic mass is 9.98. The third-order valence-electron chi connectivity index (χ3n) is 3.91. The van der Waals surface area contributed by atoms with Crippen LogP contribution in [0.1, 0.15) is 22.8 Å². The summed E-state index contributed by atoms with van der Waals surface area (Å²) in [4.78, 5) is 2.17. The Balaban J connectivity index is 2.00. The molecule has 5 heteroatoms. The summed E-state index contributed by atoms with van der Waals surface area (Å²) in [6.07, 6.45) is -0.0810. The van der Waals surface area contributed by atoms with E-state index in [1.54, 1.807) is 12.1 Å². The fourth-order valence-electron chi connectivity index (χ4n) is 2.69. The molecule has 0 radical (unpaired) electrons. The molecule has 0 saturated carbocycles. The maximum Gasteiger partial charge on any atom is 0.149 e. The summed E-state index contributed by atoms with van der Waals surface area (Å²) < 4.78 is 14.7. The van der Waals surface area contributed by atoms with Crippen LogP contribution in [0, 0.1) is 5.82 Å². The molecule has 3 rings (SSSR count). The Labute approximate surface area is 136 Å². The Morgan fingerprint density at radius 3 is 2.86 bits per heavy atom. The van der Waals surface area contributed by atoms with Gasteiger partial charge in [0.2, 0.25) is 0 Å². The lowest BCUT2D eigenvalue weighted by molar-refractivity contribution is 0.215. The largest absolute Gasteiger partial charge is 0.384 e. The highest BCUT2D eigenvalue weighted by molar-refractivity contribution is 9.10. The van der Waals surface area contributed by atoms with E-state index >= 15 is 0 Å². The van der Waals surface area contributed by atoms with Gasteiger partial charge in [0.05, 0.1) is 5.02 Å². The average Bonchev–Trinajstić information content (AvgIpc) is 2.85. The van der Waals surface area contributed by atoms with E-state index in [1.807, 2.05) is 25.2 Å². The molecule has 1 atom stereocenters. The van der Waals surface area contributed by atoms with Gasteiger partial charge in [0.15, 0.2) is 0 Å². The van der Waals surface area contributed by atoms with Crippen LogP contribution in [-0.4, -0.2) is 18.7 Å². The van der Waals surface area contributed by atoms with Gasteiger partial charge in [0.1, 0.15) is 11.9 Å². The third-order valence-corrected chi connectivity index (χ3v) is 5.17. The van der Waals surface area contributed by atoms with E-state index in [0.717, 1.165) is 13.0 Å². The number of rotatable bonds is 2. The summed E-state index contributed by atoms with van der Waals surface area (Å²) in [5.41, 5.74) is 3.22. The van der Waals surface area contributed by atoms with Crippen LogP contribution in [-0.2, 0) is 6.42 Å². The molecule has 2 aromatic carbocycles. The van der Waals surface area contributed by atoms with E-state index in [1.165, 1.54) is 11.3 Å². The minimum Gasteiger partial charge on any atom is -0.384 e. The number of aliphatic hydroxyl groups is 1. The van der Waals surface area contributed by atoms with Crippen molar-refractivity contribution >= 4 is 33.2 Å². The number of nitrogens with zero attached hydrogens (tertiary/aromatic N) is 1. The van der Waals surface area contributed by atoms with Crippen LogP contribution in [0.4, 0.5) is 10.1 Å². The van der Waals surface area contributed by atoms with Gasteiger partial charge in [0.25, 0.3) is 0 Å². The van der Waals surface area contributed by atoms with Gasteiger partial charge in [0, 0.05) is 29.3 Å². The van der Waals surface area contributed by atoms with Crippen LogP contribution < -0.4 is 4.90 Å². The maximum absolute atomic E-state index is 14.2. The van der Waals surface area contributed by atoms with Crippen molar-refractivity contribution in [2.75, 3.05) is 18.5 Å². The monoisotopic (exact) mass is 369 g/mol. The van der Waals surface area contributed by atoms with Gasteiger partial charge in [-0.2, -0.15) is 0 Å². The molecule has 1 aliphatic heterocycles. The molecule has 1 N–H and O–H groups in total. The topological polar surface area (TPSA) is 23.5 Å². The van der Waals surface area contributed by atoms with Gasteiger partial charge < -0.3 is 10.0 Å².